The predicted molar refractivity (Wildman–Crippen MR) is 92.9 cm³/mol. The summed E-state index contributed by atoms with van der Waals surface area (Å²) in [6.45, 7) is 3.63. The van der Waals surface area contributed by atoms with Crippen LogP contribution in [0.2, 0.25) is 0 Å². The van der Waals surface area contributed by atoms with Crippen molar-refractivity contribution in [1.82, 2.24) is 4.31 Å². The molecule has 1 aromatic carbocycles. The molecule has 8 heteroatoms. The normalized spacial score (nSPS) is 17.3. The van der Waals surface area contributed by atoms with E-state index >= 15 is 0 Å². The maximum Gasteiger partial charge on any atom is 0.265 e. The second-order valence-electron chi connectivity index (χ2n) is 5.70. The number of amides is 1. The van der Waals surface area contributed by atoms with Crippen LogP contribution in [0.1, 0.15) is 17.4 Å². The fourth-order valence-corrected chi connectivity index (χ4v) is 4.70. The molecule has 6 nitrogen and oxygen atoms in total. The monoisotopic (exact) mass is 366 g/mol. The zero-order valence-electron chi connectivity index (χ0n) is 13.6. The molecule has 1 amide bonds. The fourth-order valence-electron chi connectivity index (χ4n) is 2.50. The first kappa shape index (κ1) is 16.9. The van der Waals surface area contributed by atoms with E-state index in [4.69, 9.17) is 4.74 Å². The molecule has 0 fully saturated rings. The second-order valence-corrected chi connectivity index (χ2v) is 8.75. The van der Waals surface area contributed by atoms with E-state index in [0.29, 0.717) is 23.5 Å². The smallest absolute Gasteiger partial charge is 0.265 e. The van der Waals surface area contributed by atoms with Crippen LogP contribution in [0.15, 0.2) is 34.5 Å². The summed E-state index contributed by atoms with van der Waals surface area (Å²) in [5.41, 5.74) is 1.06. The Balaban J connectivity index is 1.96. The summed E-state index contributed by atoms with van der Waals surface area (Å²) in [4.78, 5) is 12.8. The Bertz CT molecular complexity index is 876. The van der Waals surface area contributed by atoms with Gasteiger partial charge in [-0.05, 0) is 36.9 Å². The largest absolute Gasteiger partial charge is 0.479 e. The molecule has 2 heterocycles. The van der Waals surface area contributed by atoms with Gasteiger partial charge in [0.1, 0.15) is 5.75 Å². The van der Waals surface area contributed by atoms with Gasteiger partial charge in [-0.2, -0.15) is 4.31 Å². The van der Waals surface area contributed by atoms with Gasteiger partial charge in [0, 0.05) is 24.5 Å². The highest BCUT2D eigenvalue weighted by Crippen LogP contribution is 2.35. The number of ether oxygens (including phenoxy) is 1. The lowest BCUT2D eigenvalue weighted by atomic mass is 10.1. The van der Waals surface area contributed by atoms with Crippen molar-refractivity contribution in [3.05, 3.63) is 40.1 Å². The number of fused-ring (bicyclic) bond motifs is 1. The molecule has 0 saturated carbocycles. The lowest BCUT2D eigenvalue weighted by Gasteiger charge is -2.25. The van der Waals surface area contributed by atoms with Crippen molar-refractivity contribution in [3.8, 4) is 5.75 Å². The molecule has 0 saturated heterocycles. The van der Waals surface area contributed by atoms with E-state index in [1.807, 2.05) is 17.5 Å². The minimum absolute atomic E-state index is 0.184. The zero-order valence-corrected chi connectivity index (χ0v) is 15.2. The Morgan fingerprint density at radius 1 is 1.38 bits per heavy atom. The van der Waals surface area contributed by atoms with Crippen molar-refractivity contribution >= 4 is 33.0 Å². The van der Waals surface area contributed by atoms with Crippen molar-refractivity contribution in [2.75, 3.05) is 12.4 Å². The highest BCUT2D eigenvalue weighted by molar-refractivity contribution is 7.89. The van der Waals surface area contributed by atoms with Crippen molar-refractivity contribution in [2.24, 2.45) is 0 Å². The topological polar surface area (TPSA) is 75.7 Å². The standard InChI is InChI=1S/C16H18N2O4S2/c1-10-7-13-14(22-11(2)16(19)17-13)8-15(10)24(20,21)18(3)9-12-5-4-6-23-12/h4-8,11H,9H2,1-3H3,(H,17,19). The summed E-state index contributed by atoms with van der Waals surface area (Å²) >= 11 is 1.51. The van der Waals surface area contributed by atoms with Gasteiger partial charge in [0.2, 0.25) is 10.0 Å². The van der Waals surface area contributed by atoms with Crippen LogP contribution in [0, 0.1) is 6.92 Å². The van der Waals surface area contributed by atoms with Crippen molar-refractivity contribution < 1.29 is 17.9 Å². The fraction of sp³-hybridized carbons (Fsp3) is 0.312. The number of anilines is 1. The molecule has 1 unspecified atom stereocenters. The number of benzene rings is 1. The number of sulfonamides is 1. The number of thiophene rings is 1. The van der Waals surface area contributed by atoms with Gasteiger partial charge in [0.05, 0.1) is 10.6 Å². The Labute approximate surface area is 145 Å². The number of nitrogens with one attached hydrogen (secondary N) is 1. The van der Waals surface area contributed by atoms with Crippen LogP contribution in [0.25, 0.3) is 0 Å². The third-order valence-electron chi connectivity index (χ3n) is 3.85. The molecule has 24 heavy (non-hydrogen) atoms. The third kappa shape index (κ3) is 3.04. The van der Waals surface area contributed by atoms with Gasteiger partial charge in [0.25, 0.3) is 5.91 Å². The summed E-state index contributed by atoms with van der Waals surface area (Å²) < 4.78 is 32.6. The van der Waals surface area contributed by atoms with E-state index in [-0.39, 0.29) is 10.8 Å². The Hall–Kier alpha value is -1.90. The van der Waals surface area contributed by atoms with Crippen LogP contribution in [0.4, 0.5) is 5.69 Å². The quantitative estimate of drug-likeness (QED) is 0.902. The number of hydrogen-bond donors (Lipinski definition) is 1. The van der Waals surface area contributed by atoms with Crippen LogP contribution in [-0.2, 0) is 21.4 Å². The zero-order chi connectivity index (χ0) is 17.5. The number of rotatable bonds is 4. The molecule has 3 rings (SSSR count). The maximum absolute atomic E-state index is 12.9. The minimum atomic E-state index is -3.66. The van der Waals surface area contributed by atoms with E-state index in [2.05, 4.69) is 5.32 Å². The van der Waals surface area contributed by atoms with Crippen molar-refractivity contribution in [2.45, 2.75) is 31.4 Å². The number of carbonyl (C=O) groups is 1. The lowest BCUT2D eigenvalue weighted by molar-refractivity contribution is -0.122. The van der Waals surface area contributed by atoms with Gasteiger partial charge in [-0.25, -0.2) is 8.42 Å². The molecule has 0 spiro atoms. The van der Waals surface area contributed by atoms with Gasteiger partial charge in [-0.3, -0.25) is 4.79 Å². The first-order valence-electron chi connectivity index (χ1n) is 7.40. The molecule has 1 N–H and O–H groups in total. The predicted octanol–water partition coefficient (Wildman–Crippen LogP) is 2.60. The van der Waals surface area contributed by atoms with Gasteiger partial charge in [-0.1, -0.05) is 6.07 Å². The second kappa shape index (κ2) is 6.19. The highest BCUT2D eigenvalue weighted by atomic mass is 32.2. The Morgan fingerprint density at radius 3 is 2.79 bits per heavy atom. The molecule has 1 aromatic heterocycles. The number of hydrogen-bond acceptors (Lipinski definition) is 5. The molecule has 128 valence electrons. The van der Waals surface area contributed by atoms with Crippen LogP contribution >= 0.6 is 11.3 Å². The first-order chi connectivity index (χ1) is 11.3. The SMILES string of the molecule is Cc1cc2c(cc1S(=O)(=O)N(C)Cc1cccs1)OC(C)C(=O)N2. The molecule has 0 bridgehead atoms. The van der Waals surface area contributed by atoms with Crippen molar-refractivity contribution in [1.29, 1.82) is 0 Å². The molecule has 2 aromatic rings. The average molecular weight is 366 g/mol. The summed E-state index contributed by atoms with van der Waals surface area (Å²) in [7, 11) is -2.11. The number of carbonyl (C=O) groups excluding carboxylic acids is 1. The molecule has 0 aliphatic carbocycles. The summed E-state index contributed by atoms with van der Waals surface area (Å²) in [5.74, 6) is 0.128. The van der Waals surface area contributed by atoms with Crippen molar-refractivity contribution in [3.63, 3.8) is 0 Å². The summed E-state index contributed by atoms with van der Waals surface area (Å²) in [5, 5.41) is 4.64. The van der Waals surface area contributed by atoms with E-state index < -0.39 is 16.1 Å². The number of aryl methyl sites for hydroxylation is 1. The molecular weight excluding hydrogens is 348 g/mol. The lowest BCUT2D eigenvalue weighted by Crippen LogP contribution is -2.35. The van der Waals surface area contributed by atoms with E-state index in [1.54, 1.807) is 27.0 Å². The minimum Gasteiger partial charge on any atom is -0.479 e. The highest BCUT2D eigenvalue weighted by Gasteiger charge is 2.29. The number of nitrogens with zero attached hydrogens (tertiary/aromatic N) is 1. The van der Waals surface area contributed by atoms with Gasteiger partial charge >= 0.3 is 0 Å². The Kier molecular flexibility index (Phi) is 4.37. The molecule has 1 atom stereocenters. The van der Waals surface area contributed by atoms with Gasteiger partial charge < -0.3 is 10.1 Å². The summed E-state index contributed by atoms with van der Waals surface area (Å²) in [6, 6.07) is 6.91. The third-order valence-corrected chi connectivity index (χ3v) is 6.66. The first-order valence-corrected chi connectivity index (χ1v) is 9.72. The van der Waals surface area contributed by atoms with E-state index in [1.165, 1.54) is 21.7 Å². The van der Waals surface area contributed by atoms with Crippen LogP contribution in [0.5, 0.6) is 5.75 Å². The van der Waals surface area contributed by atoms with Gasteiger partial charge in [0.15, 0.2) is 6.10 Å². The molecular formula is C16H18N2O4S2. The van der Waals surface area contributed by atoms with E-state index in [9.17, 15) is 13.2 Å². The maximum atomic E-state index is 12.9. The van der Waals surface area contributed by atoms with Crippen LogP contribution in [0.3, 0.4) is 0 Å². The van der Waals surface area contributed by atoms with Gasteiger partial charge in [-0.15, -0.1) is 11.3 Å². The Morgan fingerprint density at radius 2 is 2.12 bits per heavy atom. The van der Waals surface area contributed by atoms with E-state index in [0.717, 1.165) is 4.88 Å². The molecule has 1 aliphatic rings. The molecule has 1 aliphatic heterocycles. The summed E-state index contributed by atoms with van der Waals surface area (Å²) in [6.07, 6.45) is -0.653. The van der Waals surface area contributed by atoms with Crippen LogP contribution in [-0.4, -0.2) is 31.8 Å². The molecule has 0 radical (unpaired) electrons. The average Bonchev–Trinajstić information content (AvgIpc) is 3.01. The van der Waals surface area contributed by atoms with Crippen LogP contribution < -0.4 is 10.1 Å².